The normalized spacial score (nSPS) is 22.1. The molecule has 1 aromatic rings. The molecule has 21 heavy (non-hydrogen) atoms. The summed E-state index contributed by atoms with van der Waals surface area (Å²) in [5.74, 6) is 2.12. The molecule has 0 aliphatic carbocycles. The summed E-state index contributed by atoms with van der Waals surface area (Å²) in [6.45, 7) is 3.62. The first kappa shape index (κ1) is 16.2. The molecule has 4 nitrogen and oxygen atoms in total. The average Bonchev–Trinajstić information content (AvgIpc) is 2.52. The van der Waals surface area contributed by atoms with Gasteiger partial charge in [-0.05, 0) is 37.0 Å². The minimum absolute atomic E-state index is 0.185. The van der Waals surface area contributed by atoms with Crippen LogP contribution in [0.2, 0.25) is 0 Å². The Balaban J connectivity index is 1.91. The Bertz CT molecular complexity index is 481. The van der Waals surface area contributed by atoms with Crippen LogP contribution in [0.5, 0.6) is 5.75 Å². The van der Waals surface area contributed by atoms with Gasteiger partial charge in [-0.15, -0.1) is 11.8 Å². The lowest BCUT2D eigenvalue weighted by Gasteiger charge is -2.38. The molecule has 0 aromatic heterocycles. The van der Waals surface area contributed by atoms with Gasteiger partial charge in [-0.25, -0.2) is 0 Å². The fourth-order valence-electron chi connectivity index (χ4n) is 2.72. The number of methoxy groups -OCH3 is 1. The maximum atomic E-state index is 12.4. The number of benzene rings is 1. The molecule has 0 bridgehead atoms. The quantitative estimate of drug-likeness (QED) is 0.849. The Morgan fingerprint density at radius 1 is 1.52 bits per heavy atom. The van der Waals surface area contributed by atoms with E-state index in [-0.39, 0.29) is 11.9 Å². The third-order valence-corrected chi connectivity index (χ3v) is 4.95. The van der Waals surface area contributed by atoms with Crippen LogP contribution >= 0.6 is 11.8 Å². The summed E-state index contributed by atoms with van der Waals surface area (Å²) in [7, 11) is 1.65. The van der Waals surface area contributed by atoms with Crippen molar-refractivity contribution in [1.82, 2.24) is 4.90 Å². The number of ether oxygens (including phenoxy) is 1. The lowest BCUT2D eigenvalue weighted by molar-refractivity contribution is -0.132. The summed E-state index contributed by atoms with van der Waals surface area (Å²) in [6, 6.07) is 8.00. The zero-order valence-corrected chi connectivity index (χ0v) is 13.6. The van der Waals surface area contributed by atoms with Crippen LogP contribution in [0.1, 0.15) is 19.8 Å². The number of carbonyl (C=O) groups excluding carboxylic acids is 1. The van der Waals surface area contributed by atoms with Crippen LogP contribution in [-0.2, 0) is 4.79 Å². The Morgan fingerprint density at radius 3 is 3.05 bits per heavy atom. The fourth-order valence-corrected chi connectivity index (χ4v) is 3.55. The van der Waals surface area contributed by atoms with E-state index in [0.717, 1.165) is 30.0 Å². The molecular formula is C16H24N2O2S. The molecule has 1 aromatic carbocycles. The lowest BCUT2D eigenvalue weighted by Crippen LogP contribution is -2.49. The van der Waals surface area contributed by atoms with Gasteiger partial charge in [-0.3, -0.25) is 4.79 Å². The van der Waals surface area contributed by atoms with Crippen LogP contribution in [-0.4, -0.2) is 42.8 Å². The number of amides is 1. The minimum Gasteiger partial charge on any atom is -0.497 e. The van der Waals surface area contributed by atoms with Crippen molar-refractivity contribution in [2.24, 2.45) is 11.7 Å². The van der Waals surface area contributed by atoms with Gasteiger partial charge >= 0.3 is 0 Å². The second-order valence-electron chi connectivity index (χ2n) is 5.57. The maximum Gasteiger partial charge on any atom is 0.233 e. The Kier molecular flexibility index (Phi) is 5.94. The molecule has 5 heteroatoms. The third-order valence-electron chi connectivity index (χ3n) is 3.97. The Labute approximate surface area is 131 Å². The van der Waals surface area contributed by atoms with Crippen LogP contribution in [0.3, 0.4) is 0 Å². The first-order chi connectivity index (χ1) is 10.1. The monoisotopic (exact) mass is 308 g/mol. The van der Waals surface area contributed by atoms with Gasteiger partial charge in [0.1, 0.15) is 5.75 Å². The maximum absolute atomic E-state index is 12.4. The summed E-state index contributed by atoms with van der Waals surface area (Å²) in [4.78, 5) is 15.4. The molecule has 1 fully saturated rings. The third kappa shape index (κ3) is 4.38. The minimum atomic E-state index is 0.185. The number of hydrogen-bond acceptors (Lipinski definition) is 4. The molecule has 1 saturated heterocycles. The number of nitrogens with zero attached hydrogens (tertiary/aromatic N) is 1. The summed E-state index contributed by atoms with van der Waals surface area (Å²) in [6.07, 6.45) is 2.10. The van der Waals surface area contributed by atoms with Gasteiger partial charge in [0.25, 0.3) is 0 Å². The van der Waals surface area contributed by atoms with Gasteiger partial charge in [0.15, 0.2) is 0 Å². The van der Waals surface area contributed by atoms with E-state index in [0.29, 0.717) is 18.2 Å². The van der Waals surface area contributed by atoms with Crippen molar-refractivity contribution in [1.29, 1.82) is 0 Å². The number of piperidine rings is 1. The molecule has 1 aliphatic heterocycles. The summed E-state index contributed by atoms with van der Waals surface area (Å²) in [5.41, 5.74) is 5.82. The highest BCUT2D eigenvalue weighted by Crippen LogP contribution is 2.26. The van der Waals surface area contributed by atoms with Crippen molar-refractivity contribution in [3.05, 3.63) is 24.3 Å². The van der Waals surface area contributed by atoms with E-state index in [4.69, 9.17) is 10.5 Å². The molecule has 1 aliphatic rings. The van der Waals surface area contributed by atoms with Crippen molar-refractivity contribution in [3.63, 3.8) is 0 Å². The van der Waals surface area contributed by atoms with Gasteiger partial charge in [0.2, 0.25) is 5.91 Å². The van der Waals surface area contributed by atoms with Gasteiger partial charge in [-0.2, -0.15) is 0 Å². The molecule has 2 N–H and O–H groups in total. The van der Waals surface area contributed by atoms with Crippen LogP contribution in [0.15, 0.2) is 29.2 Å². The molecule has 2 unspecified atom stereocenters. The van der Waals surface area contributed by atoms with E-state index >= 15 is 0 Å². The molecule has 116 valence electrons. The number of rotatable bonds is 5. The van der Waals surface area contributed by atoms with Gasteiger partial charge in [-0.1, -0.05) is 13.0 Å². The first-order valence-corrected chi connectivity index (χ1v) is 8.39. The summed E-state index contributed by atoms with van der Waals surface area (Å²) < 4.78 is 5.20. The number of nitrogens with two attached hydrogens (primary N) is 1. The van der Waals surface area contributed by atoms with E-state index in [1.165, 1.54) is 0 Å². The Morgan fingerprint density at radius 2 is 2.33 bits per heavy atom. The summed E-state index contributed by atoms with van der Waals surface area (Å²) in [5, 5.41) is 0. The first-order valence-electron chi connectivity index (χ1n) is 7.40. The predicted molar refractivity (Wildman–Crippen MR) is 86.7 cm³/mol. The molecule has 1 heterocycles. The van der Waals surface area contributed by atoms with Crippen LogP contribution in [0.25, 0.3) is 0 Å². The molecule has 0 radical (unpaired) electrons. The highest BCUT2D eigenvalue weighted by molar-refractivity contribution is 8.00. The van der Waals surface area contributed by atoms with Gasteiger partial charge in [0.05, 0.1) is 12.9 Å². The predicted octanol–water partition coefficient (Wildman–Crippen LogP) is 2.37. The van der Waals surface area contributed by atoms with E-state index in [1.54, 1.807) is 18.9 Å². The van der Waals surface area contributed by atoms with Crippen molar-refractivity contribution in [3.8, 4) is 5.75 Å². The molecule has 1 amide bonds. The lowest BCUT2D eigenvalue weighted by atomic mass is 9.92. The molecule has 0 saturated carbocycles. The zero-order chi connectivity index (χ0) is 15.2. The largest absolute Gasteiger partial charge is 0.497 e. The smallest absolute Gasteiger partial charge is 0.233 e. The zero-order valence-electron chi connectivity index (χ0n) is 12.7. The number of likely N-dealkylation sites (tertiary alicyclic amines) is 1. The fraction of sp³-hybridized carbons (Fsp3) is 0.562. The van der Waals surface area contributed by atoms with E-state index < -0.39 is 0 Å². The average molecular weight is 308 g/mol. The van der Waals surface area contributed by atoms with Crippen LogP contribution in [0.4, 0.5) is 0 Å². The second-order valence-corrected chi connectivity index (χ2v) is 6.62. The van der Waals surface area contributed by atoms with Crippen molar-refractivity contribution in [2.75, 3.05) is 26.0 Å². The van der Waals surface area contributed by atoms with Crippen molar-refractivity contribution < 1.29 is 9.53 Å². The van der Waals surface area contributed by atoms with E-state index in [9.17, 15) is 4.79 Å². The van der Waals surface area contributed by atoms with Crippen molar-refractivity contribution >= 4 is 17.7 Å². The standard InChI is InChI=1S/C16H24N2O2S/c1-12-6-7-18(13(8-12)10-17)16(19)11-21-15-5-3-4-14(9-15)20-2/h3-5,9,12-13H,6-8,10-11,17H2,1-2H3. The topological polar surface area (TPSA) is 55.6 Å². The SMILES string of the molecule is COc1cccc(SCC(=O)N2CCC(C)CC2CN)c1. The highest BCUT2D eigenvalue weighted by atomic mass is 32.2. The van der Waals surface area contributed by atoms with E-state index in [2.05, 4.69) is 6.92 Å². The van der Waals surface area contributed by atoms with Crippen molar-refractivity contribution in [2.45, 2.75) is 30.7 Å². The molecule has 2 rings (SSSR count). The summed E-state index contributed by atoms with van der Waals surface area (Å²) >= 11 is 1.55. The van der Waals surface area contributed by atoms with Crippen LogP contribution < -0.4 is 10.5 Å². The molecule has 2 atom stereocenters. The second kappa shape index (κ2) is 7.71. The molecule has 0 spiro atoms. The number of carbonyl (C=O) groups is 1. The molecular weight excluding hydrogens is 284 g/mol. The van der Waals surface area contributed by atoms with Gasteiger partial charge in [0, 0.05) is 24.0 Å². The Hall–Kier alpha value is -1.20. The number of hydrogen-bond donors (Lipinski definition) is 1. The van der Waals surface area contributed by atoms with E-state index in [1.807, 2.05) is 29.2 Å². The van der Waals surface area contributed by atoms with Gasteiger partial charge < -0.3 is 15.4 Å². The van der Waals surface area contributed by atoms with Crippen LogP contribution in [0, 0.1) is 5.92 Å². The highest BCUT2D eigenvalue weighted by Gasteiger charge is 2.28. The number of thioether (sulfide) groups is 1.